The number of rotatable bonds is 2. The van der Waals surface area contributed by atoms with E-state index in [1.807, 2.05) is 30.3 Å². The van der Waals surface area contributed by atoms with Gasteiger partial charge in [-0.3, -0.25) is 0 Å². The van der Waals surface area contributed by atoms with Gasteiger partial charge in [0.25, 0.3) is 5.69 Å². The molecule has 0 fully saturated rings. The van der Waals surface area contributed by atoms with Crippen LogP contribution in [0.4, 0.5) is 0 Å². The fourth-order valence-corrected chi connectivity index (χ4v) is 2.45. The average molecular weight is 305 g/mol. The molecule has 3 rings (SSSR count). The zero-order chi connectivity index (χ0) is 15.0. The fourth-order valence-electron chi connectivity index (χ4n) is 1.79. The van der Waals surface area contributed by atoms with Gasteiger partial charge in [-0.25, -0.2) is 4.79 Å². The molecule has 1 aromatic carbocycles. The lowest BCUT2D eigenvalue weighted by Gasteiger charge is -2.38. The Kier molecular flexibility index (Phi) is 3.09. The highest BCUT2D eigenvalue weighted by Crippen LogP contribution is 2.29. The Morgan fingerprint density at radius 3 is 2.62 bits per heavy atom. The Labute approximate surface area is 124 Å². The largest absolute Gasteiger partial charge is 0.575 e. The minimum atomic E-state index is -1.27. The summed E-state index contributed by atoms with van der Waals surface area (Å²) in [6.07, 6.45) is 0. The van der Waals surface area contributed by atoms with Gasteiger partial charge in [-0.15, -0.1) is 0 Å². The van der Waals surface area contributed by atoms with Crippen molar-refractivity contribution in [2.45, 2.75) is 19.6 Å². The zero-order valence-electron chi connectivity index (χ0n) is 11.3. The Bertz CT molecular complexity index is 724. The van der Waals surface area contributed by atoms with Crippen LogP contribution in [0, 0.1) is 0 Å². The van der Waals surface area contributed by atoms with Crippen molar-refractivity contribution in [1.82, 2.24) is 9.59 Å². The predicted molar refractivity (Wildman–Crippen MR) is 69.6 cm³/mol. The number of aromatic nitrogens is 3. The first-order valence-corrected chi connectivity index (χ1v) is 6.89. The summed E-state index contributed by atoms with van der Waals surface area (Å²) in [7, 11) is 0. The van der Waals surface area contributed by atoms with E-state index in [0.717, 1.165) is 17.2 Å². The van der Waals surface area contributed by atoms with Gasteiger partial charge in [0.2, 0.25) is 5.01 Å². The highest BCUT2D eigenvalue weighted by atomic mass is 32.1. The summed E-state index contributed by atoms with van der Waals surface area (Å²) in [6, 6.07) is 9.15. The molecule has 0 radical (unpaired) electrons. The average Bonchev–Trinajstić information content (AvgIpc) is 2.87. The van der Waals surface area contributed by atoms with Crippen molar-refractivity contribution in [3.8, 4) is 5.69 Å². The Morgan fingerprint density at radius 2 is 1.95 bits per heavy atom. The number of cyclic esters (lactones) is 1. The van der Waals surface area contributed by atoms with Gasteiger partial charge < -0.3 is 14.6 Å². The summed E-state index contributed by atoms with van der Waals surface area (Å²) in [5.74, 6) is -2.78. The highest BCUT2D eigenvalue weighted by Gasteiger charge is 2.34. The van der Waals surface area contributed by atoms with Crippen LogP contribution < -0.4 is 9.90 Å². The summed E-state index contributed by atoms with van der Waals surface area (Å²) in [4.78, 5) is 13.3. The second kappa shape index (κ2) is 4.81. The molecule has 21 heavy (non-hydrogen) atoms. The number of carbonyl (C=O) groups is 1. The quantitative estimate of drug-likeness (QED) is 0.580. The number of para-hydroxylation sites is 1. The molecule has 1 aliphatic rings. The predicted octanol–water partition coefficient (Wildman–Crippen LogP) is 0.153. The second-order valence-corrected chi connectivity index (χ2v) is 5.49. The van der Waals surface area contributed by atoms with E-state index in [0.29, 0.717) is 0 Å². The van der Waals surface area contributed by atoms with Gasteiger partial charge in [0, 0.05) is 17.2 Å². The molecule has 2 aromatic rings. The van der Waals surface area contributed by atoms with E-state index in [1.165, 1.54) is 18.6 Å². The van der Waals surface area contributed by atoms with Crippen LogP contribution in [0.25, 0.3) is 11.3 Å². The molecule has 0 saturated heterocycles. The summed E-state index contributed by atoms with van der Waals surface area (Å²) >= 11 is 0.922. The molecule has 0 atom stereocenters. The number of benzene rings is 1. The van der Waals surface area contributed by atoms with Crippen LogP contribution >= 0.6 is 11.5 Å². The van der Waals surface area contributed by atoms with E-state index in [9.17, 15) is 9.90 Å². The first kappa shape index (κ1) is 13.5. The number of esters is 1. The SMILES string of the molecule is CC1(C)OC(=O)C(c2n[n+](-c3ccccc3)ns2)=C([O-])O1. The summed E-state index contributed by atoms with van der Waals surface area (Å²) < 4.78 is 14.2. The van der Waals surface area contributed by atoms with Crippen LogP contribution in [0.5, 0.6) is 0 Å². The molecule has 1 aromatic heterocycles. The molecular weight excluding hydrogens is 294 g/mol. The van der Waals surface area contributed by atoms with Gasteiger partial charge >= 0.3 is 5.97 Å². The maximum Gasteiger partial charge on any atom is 0.344 e. The van der Waals surface area contributed by atoms with Crippen molar-refractivity contribution < 1.29 is 24.2 Å². The van der Waals surface area contributed by atoms with Crippen LogP contribution in [0.3, 0.4) is 0 Å². The Morgan fingerprint density at radius 1 is 1.24 bits per heavy atom. The van der Waals surface area contributed by atoms with Gasteiger partial charge in [0.1, 0.15) is 5.57 Å². The molecule has 8 heteroatoms. The lowest BCUT2D eigenvalue weighted by Crippen LogP contribution is -2.40. The molecule has 0 unspecified atom stereocenters. The summed E-state index contributed by atoms with van der Waals surface area (Å²) in [6.45, 7) is 2.98. The zero-order valence-corrected chi connectivity index (χ0v) is 12.1. The topological polar surface area (TPSA) is 88.2 Å². The number of hydrogen-bond donors (Lipinski definition) is 0. The van der Waals surface area contributed by atoms with E-state index in [-0.39, 0.29) is 10.6 Å². The molecule has 0 N–H and O–H groups in total. The Balaban J connectivity index is 1.99. The number of ether oxygens (including phenoxy) is 2. The molecule has 108 valence electrons. The summed E-state index contributed by atoms with van der Waals surface area (Å²) in [5, 5.41) is 16.2. The highest BCUT2D eigenvalue weighted by molar-refractivity contribution is 7.06. The van der Waals surface area contributed by atoms with E-state index in [1.54, 1.807) is 0 Å². The van der Waals surface area contributed by atoms with Crippen molar-refractivity contribution in [3.63, 3.8) is 0 Å². The van der Waals surface area contributed by atoms with Gasteiger partial charge in [-0.2, -0.15) is 0 Å². The van der Waals surface area contributed by atoms with Crippen molar-refractivity contribution in [1.29, 1.82) is 0 Å². The number of carbonyl (C=O) groups excluding carboxylic acids is 1. The third kappa shape index (κ3) is 2.57. The lowest BCUT2D eigenvalue weighted by atomic mass is 10.2. The molecule has 0 aliphatic carbocycles. The van der Waals surface area contributed by atoms with Crippen LogP contribution in [0.1, 0.15) is 18.9 Å². The first-order chi connectivity index (χ1) is 9.96. The van der Waals surface area contributed by atoms with Crippen LogP contribution in [-0.4, -0.2) is 21.3 Å². The maximum atomic E-state index is 11.9. The molecule has 0 spiro atoms. The number of nitrogens with zero attached hydrogens (tertiary/aromatic N) is 3. The minimum absolute atomic E-state index is 0.157. The summed E-state index contributed by atoms with van der Waals surface area (Å²) in [5.41, 5.74) is 0.486. The fraction of sp³-hybridized carbons (Fsp3) is 0.231. The molecule has 7 nitrogen and oxygen atoms in total. The van der Waals surface area contributed by atoms with Crippen LogP contribution in [0.15, 0.2) is 36.3 Å². The van der Waals surface area contributed by atoms with Gasteiger partial charge in [-0.1, -0.05) is 18.2 Å². The van der Waals surface area contributed by atoms with Crippen molar-refractivity contribution in [2.75, 3.05) is 0 Å². The number of hydrogen-bond acceptors (Lipinski definition) is 7. The third-order valence-electron chi connectivity index (χ3n) is 2.68. The normalized spacial score (nSPS) is 17.3. The monoisotopic (exact) mass is 305 g/mol. The van der Waals surface area contributed by atoms with Gasteiger partial charge in [-0.05, 0) is 13.8 Å². The van der Waals surface area contributed by atoms with E-state index in [2.05, 4.69) is 9.59 Å². The van der Waals surface area contributed by atoms with E-state index in [4.69, 9.17) is 9.47 Å². The maximum absolute atomic E-state index is 11.9. The molecular formula is C13H11N3O4S. The first-order valence-electron chi connectivity index (χ1n) is 6.12. The lowest BCUT2D eigenvalue weighted by molar-refractivity contribution is -0.710. The van der Waals surface area contributed by atoms with Gasteiger partial charge in [0.05, 0.1) is 26.8 Å². The molecule has 2 heterocycles. The molecule has 0 amide bonds. The molecule has 1 aliphatic heterocycles. The van der Waals surface area contributed by atoms with Crippen molar-refractivity contribution >= 4 is 23.1 Å². The third-order valence-corrected chi connectivity index (χ3v) is 3.37. The second-order valence-electron chi connectivity index (χ2n) is 4.76. The van der Waals surface area contributed by atoms with Crippen LogP contribution in [-0.2, 0) is 14.3 Å². The minimum Gasteiger partial charge on any atom is -0.575 e. The van der Waals surface area contributed by atoms with E-state index >= 15 is 0 Å². The molecule has 0 saturated carbocycles. The smallest absolute Gasteiger partial charge is 0.344 e. The van der Waals surface area contributed by atoms with Crippen LogP contribution in [0.2, 0.25) is 0 Å². The van der Waals surface area contributed by atoms with Gasteiger partial charge in [0.15, 0.2) is 5.79 Å². The van der Waals surface area contributed by atoms with E-state index < -0.39 is 17.7 Å². The standard InChI is InChI=1S/C13H11N3O4S/c1-13(2)19-11(17)9(12(18)20-13)10-14-16(15-21-10)8-6-4-3-5-7-8/h3-7H,1-2H3. The van der Waals surface area contributed by atoms with Crippen molar-refractivity contribution in [2.24, 2.45) is 0 Å². The Hall–Kier alpha value is -2.48. The molecule has 0 bridgehead atoms. The van der Waals surface area contributed by atoms with Crippen molar-refractivity contribution in [3.05, 3.63) is 41.3 Å².